The van der Waals surface area contributed by atoms with Gasteiger partial charge in [0.05, 0.1) is 22.3 Å². The van der Waals surface area contributed by atoms with Crippen LogP contribution in [0.1, 0.15) is 49.5 Å². The summed E-state index contributed by atoms with van der Waals surface area (Å²) in [5.41, 5.74) is 1.75. The predicted molar refractivity (Wildman–Crippen MR) is 142 cm³/mol. The molecule has 1 saturated heterocycles. The molecule has 1 fully saturated rings. The molecule has 0 bridgehead atoms. The summed E-state index contributed by atoms with van der Waals surface area (Å²) in [4.78, 5) is 30.6. The van der Waals surface area contributed by atoms with Crippen molar-refractivity contribution in [2.75, 3.05) is 48.9 Å². The highest BCUT2D eigenvalue weighted by Crippen LogP contribution is 2.26. The topological polar surface area (TPSA) is 132 Å². The van der Waals surface area contributed by atoms with Gasteiger partial charge in [0.1, 0.15) is 5.82 Å². The number of hydrogen-bond donors (Lipinski definition) is 3. The molecule has 1 aromatic carbocycles. The average Bonchev–Trinajstić information content (AvgIpc) is 2.89. The van der Waals surface area contributed by atoms with E-state index in [4.69, 9.17) is 9.90 Å². The number of benzene rings is 1. The third-order valence-corrected chi connectivity index (χ3v) is 7.31. The van der Waals surface area contributed by atoms with Gasteiger partial charge in [-0.25, -0.2) is 18.2 Å². The Morgan fingerprint density at radius 3 is 2.13 bits per heavy atom. The normalized spacial score (nSPS) is 13.9. The average molecular weight is 574 g/mol. The Labute approximate surface area is 226 Å². The number of nitrogens with zero attached hydrogens (tertiary/aromatic N) is 3. The summed E-state index contributed by atoms with van der Waals surface area (Å²) in [6.07, 6.45) is -3.60. The maximum Gasteiger partial charge on any atom is 0.490 e. The van der Waals surface area contributed by atoms with Crippen molar-refractivity contribution < 1.29 is 36.3 Å². The lowest BCUT2D eigenvalue weighted by molar-refractivity contribution is -0.192. The second kappa shape index (κ2) is 13.6. The molecule has 0 atom stereocenters. The lowest BCUT2D eigenvalue weighted by atomic mass is 10.0. The number of carboxylic acids is 1. The Morgan fingerprint density at radius 1 is 1.13 bits per heavy atom. The van der Waals surface area contributed by atoms with Gasteiger partial charge in [-0.3, -0.25) is 9.52 Å². The Kier molecular flexibility index (Phi) is 11.1. The van der Waals surface area contributed by atoms with E-state index in [1.54, 1.807) is 23.1 Å². The zero-order valence-corrected chi connectivity index (χ0v) is 23.1. The summed E-state index contributed by atoms with van der Waals surface area (Å²) in [6, 6.07) is 8.44. The molecule has 0 radical (unpaired) electrons. The van der Waals surface area contributed by atoms with Crippen molar-refractivity contribution in [3.63, 3.8) is 0 Å². The summed E-state index contributed by atoms with van der Waals surface area (Å²) in [5, 5.41) is 10.4. The van der Waals surface area contributed by atoms with Gasteiger partial charge < -0.3 is 20.2 Å². The van der Waals surface area contributed by atoms with E-state index in [9.17, 15) is 26.4 Å². The van der Waals surface area contributed by atoms with Crippen LogP contribution in [0.5, 0.6) is 0 Å². The molecule has 3 rings (SSSR count). The number of amides is 1. The van der Waals surface area contributed by atoms with E-state index < -0.39 is 22.2 Å². The number of halogens is 3. The first-order valence-corrected chi connectivity index (χ1v) is 13.9. The molecule has 39 heavy (non-hydrogen) atoms. The van der Waals surface area contributed by atoms with Gasteiger partial charge in [0.2, 0.25) is 0 Å². The molecule has 3 N–H and O–H groups in total. The number of nitrogens with one attached hydrogen (secondary N) is 2. The summed E-state index contributed by atoms with van der Waals surface area (Å²) in [6.45, 7) is 12.2. The van der Waals surface area contributed by atoms with Crippen LogP contribution in [0.3, 0.4) is 0 Å². The van der Waals surface area contributed by atoms with Crippen molar-refractivity contribution in [2.45, 2.75) is 44.7 Å². The minimum Gasteiger partial charge on any atom is -0.475 e. The van der Waals surface area contributed by atoms with Crippen LogP contribution in [0, 0.1) is 0 Å². The minimum absolute atomic E-state index is 0.154. The van der Waals surface area contributed by atoms with Crippen LogP contribution in [-0.4, -0.2) is 80.7 Å². The molecule has 1 aliphatic heterocycles. The van der Waals surface area contributed by atoms with Crippen molar-refractivity contribution in [3.8, 4) is 0 Å². The zero-order chi connectivity index (χ0) is 29.4. The monoisotopic (exact) mass is 573 g/mol. The Bertz CT molecular complexity index is 1230. The van der Waals surface area contributed by atoms with Crippen molar-refractivity contribution in [3.05, 3.63) is 47.7 Å². The number of hydrogen-bond acceptors (Lipinski definition) is 7. The number of carboxylic acid groups (broad SMARTS) is 1. The number of anilines is 2. The SMILES string of the molecule is CCN(CC)C(=O)c1cc(NS(=O)(=O)c2ccc(C(C)C)cc2)cnc1N1CCNCC1.O=C(O)C(F)(F)F. The van der Waals surface area contributed by atoms with Crippen LogP contribution < -0.4 is 14.9 Å². The van der Waals surface area contributed by atoms with Gasteiger partial charge >= 0.3 is 12.1 Å². The van der Waals surface area contributed by atoms with Crippen molar-refractivity contribution >= 4 is 33.4 Å². The second-order valence-corrected chi connectivity index (χ2v) is 10.6. The predicted octanol–water partition coefficient (Wildman–Crippen LogP) is 3.53. The fourth-order valence-electron chi connectivity index (χ4n) is 3.73. The highest BCUT2D eigenvalue weighted by Gasteiger charge is 2.38. The molecule has 0 saturated carbocycles. The van der Waals surface area contributed by atoms with Gasteiger partial charge in [-0.05, 0) is 43.5 Å². The van der Waals surface area contributed by atoms with Gasteiger partial charge in [-0.1, -0.05) is 26.0 Å². The Balaban J connectivity index is 0.000000673. The maximum atomic E-state index is 13.2. The fraction of sp³-hybridized carbons (Fsp3) is 0.480. The van der Waals surface area contributed by atoms with Gasteiger partial charge in [-0.15, -0.1) is 0 Å². The zero-order valence-electron chi connectivity index (χ0n) is 22.2. The van der Waals surface area contributed by atoms with Crippen LogP contribution in [0.4, 0.5) is 24.7 Å². The largest absolute Gasteiger partial charge is 0.490 e. The molecule has 1 aliphatic rings. The number of carbonyl (C=O) groups excluding carboxylic acids is 1. The van der Waals surface area contributed by atoms with Crippen molar-refractivity contribution in [1.82, 2.24) is 15.2 Å². The van der Waals surface area contributed by atoms with E-state index >= 15 is 0 Å². The third kappa shape index (κ3) is 8.82. The first kappa shape index (κ1) is 31.8. The van der Waals surface area contributed by atoms with Crippen LogP contribution in [0.15, 0.2) is 41.4 Å². The van der Waals surface area contributed by atoms with E-state index in [0.29, 0.717) is 30.4 Å². The molecule has 0 spiro atoms. The number of carbonyl (C=O) groups is 2. The van der Waals surface area contributed by atoms with Crippen LogP contribution >= 0.6 is 0 Å². The molecule has 0 aliphatic carbocycles. The molecule has 2 heterocycles. The van der Waals surface area contributed by atoms with Crippen LogP contribution in [0.2, 0.25) is 0 Å². The van der Waals surface area contributed by atoms with E-state index in [1.165, 1.54) is 6.20 Å². The summed E-state index contributed by atoms with van der Waals surface area (Å²) in [5.74, 6) is -2.01. The summed E-state index contributed by atoms with van der Waals surface area (Å²) < 4.78 is 60.2. The lowest BCUT2D eigenvalue weighted by Gasteiger charge is -2.31. The molecular formula is C25H34F3N5O5S. The molecule has 10 nitrogen and oxygen atoms in total. The highest BCUT2D eigenvalue weighted by atomic mass is 32.2. The number of rotatable bonds is 8. The minimum atomic E-state index is -5.08. The smallest absolute Gasteiger partial charge is 0.475 e. The fourth-order valence-corrected chi connectivity index (χ4v) is 4.76. The number of aliphatic carboxylic acids is 1. The number of pyridine rings is 1. The Morgan fingerprint density at radius 2 is 1.67 bits per heavy atom. The lowest BCUT2D eigenvalue weighted by Crippen LogP contribution is -2.45. The van der Waals surface area contributed by atoms with E-state index in [0.717, 1.165) is 31.7 Å². The molecule has 0 unspecified atom stereocenters. The third-order valence-electron chi connectivity index (χ3n) is 5.92. The first-order valence-electron chi connectivity index (χ1n) is 12.4. The van der Waals surface area contributed by atoms with Crippen LogP contribution in [0.25, 0.3) is 0 Å². The van der Waals surface area contributed by atoms with E-state index in [2.05, 4.69) is 33.8 Å². The molecule has 1 aromatic heterocycles. The molecule has 1 amide bonds. The van der Waals surface area contributed by atoms with Crippen molar-refractivity contribution in [1.29, 1.82) is 0 Å². The van der Waals surface area contributed by atoms with Gasteiger partial charge in [-0.2, -0.15) is 13.2 Å². The summed E-state index contributed by atoms with van der Waals surface area (Å²) >= 11 is 0. The van der Waals surface area contributed by atoms with Crippen molar-refractivity contribution in [2.24, 2.45) is 0 Å². The second-order valence-electron chi connectivity index (χ2n) is 8.94. The first-order chi connectivity index (χ1) is 18.2. The number of piperazine rings is 1. The van der Waals surface area contributed by atoms with Gasteiger partial charge in [0.15, 0.2) is 0 Å². The quantitative estimate of drug-likeness (QED) is 0.437. The maximum absolute atomic E-state index is 13.2. The number of sulfonamides is 1. The number of aromatic nitrogens is 1. The van der Waals surface area contributed by atoms with Gasteiger partial charge in [0.25, 0.3) is 15.9 Å². The molecule has 2 aromatic rings. The van der Waals surface area contributed by atoms with E-state index in [1.807, 2.05) is 26.0 Å². The molecule has 14 heteroatoms. The Hall–Kier alpha value is -3.39. The van der Waals surface area contributed by atoms with E-state index in [-0.39, 0.29) is 16.5 Å². The standard InChI is InChI=1S/C23H33N5O3S.C2HF3O2/c1-5-27(6-2)23(29)21-15-19(16-25-22(21)28-13-11-24-12-14-28)26-32(30,31)20-9-7-18(8-10-20)17(3)4;3-2(4,5)1(6)7/h7-10,15-17,24,26H,5-6,11-14H2,1-4H3;(H,6,7). The van der Waals surface area contributed by atoms with Crippen LogP contribution in [-0.2, 0) is 14.8 Å². The molecular weight excluding hydrogens is 539 g/mol. The summed E-state index contributed by atoms with van der Waals surface area (Å²) in [7, 11) is -3.81. The van der Waals surface area contributed by atoms with Gasteiger partial charge in [0, 0.05) is 39.3 Å². The molecule has 216 valence electrons. The number of alkyl halides is 3. The highest BCUT2D eigenvalue weighted by molar-refractivity contribution is 7.92.